The Labute approximate surface area is 200 Å². The normalized spacial score (nSPS) is 16.7. The van der Waals surface area contributed by atoms with Crippen LogP contribution in [0.4, 0.5) is 0 Å². The van der Waals surface area contributed by atoms with Gasteiger partial charge in [0.15, 0.2) is 4.80 Å². The Balaban J connectivity index is 1.55. The molecule has 0 bridgehead atoms. The molecule has 32 heavy (non-hydrogen) atoms. The van der Waals surface area contributed by atoms with Crippen molar-refractivity contribution in [2.75, 3.05) is 13.1 Å². The van der Waals surface area contributed by atoms with Gasteiger partial charge in [-0.15, -0.1) is 17.9 Å². The van der Waals surface area contributed by atoms with Crippen LogP contribution in [0.3, 0.4) is 0 Å². The second-order valence-corrected chi connectivity index (χ2v) is 12.8. The minimum Gasteiger partial charge on any atom is -0.312 e. The van der Waals surface area contributed by atoms with E-state index in [2.05, 4.69) is 37.6 Å². The lowest BCUT2D eigenvalue weighted by molar-refractivity contribution is -0.122. The first-order valence-corrected chi connectivity index (χ1v) is 13.7. The van der Waals surface area contributed by atoms with Crippen LogP contribution in [0.25, 0.3) is 10.2 Å². The summed E-state index contributed by atoms with van der Waals surface area (Å²) < 4.78 is 30.8. The smallest absolute Gasteiger partial charge is 0.252 e. The molecule has 1 aliphatic rings. The van der Waals surface area contributed by atoms with Gasteiger partial charge in [-0.1, -0.05) is 29.0 Å². The van der Waals surface area contributed by atoms with Gasteiger partial charge in [0.1, 0.15) is 4.21 Å². The molecule has 10 heteroatoms. The summed E-state index contributed by atoms with van der Waals surface area (Å²) in [6, 6.07) is 7.35. The van der Waals surface area contributed by atoms with E-state index in [4.69, 9.17) is 11.6 Å². The third-order valence-electron chi connectivity index (χ3n) is 5.76. The minimum absolute atomic E-state index is 0.195. The fourth-order valence-electron chi connectivity index (χ4n) is 3.80. The van der Waals surface area contributed by atoms with Crippen molar-refractivity contribution in [1.29, 1.82) is 0 Å². The number of aryl methyl sites for hydroxylation is 2. The standard InChI is InChI=1S/C22H24ClN3O3S3/c1-4-9-26-17-12-14(2)15(3)13-18(17)30-22(26)24-21(27)16-7-10-25(11-8-16)32(28,29)20-6-5-19(23)31-20/h4-6,12-13,16H,1,7-11H2,2-3H3. The highest BCUT2D eigenvalue weighted by Gasteiger charge is 2.33. The van der Waals surface area contributed by atoms with E-state index in [0.29, 0.717) is 41.6 Å². The molecule has 0 spiro atoms. The van der Waals surface area contributed by atoms with Gasteiger partial charge in [-0.2, -0.15) is 9.30 Å². The van der Waals surface area contributed by atoms with E-state index < -0.39 is 10.0 Å². The van der Waals surface area contributed by atoms with Gasteiger partial charge < -0.3 is 4.57 Å². The molecule has 1 aromatic carbocycles. The zero-order chi connectivity index (χ0) is 23.0. The Kier molecular flexibility index (Phi) is 6.74. The summed E-state index contributed by atoms with van der Waals surface area (Å²) in [5, 5.41) is 0. The first-order valence-electron chi connectivity index (χ1n) is 10.3. The van der Waals surface area contributed by atoms with Crippen LogP contribution in [0.5, 0.6) is 0 Å². The number of fused-ring (bicyclic) bond motifs is 1. The van der Waals surface area contributed by atoms with Crippen molar-refractivity contribution in [3.8, 4) is 0 Å². The molecule has 1 fully saturated rings. The van der Waals surface area contributed by atoms with Gasteiger partial charge in [0.2, 0.25) is 0 Å². The fourth-order valence-corrected chi connectivity index (χ4v) is 8.04. The number of hydrogen-bond acceptors (Lipinski definition) is 5. The highest BCUT2D eigenvalue weighted by atomic mass is 35.5. The summed E-state index contributed by atoms with van der Waals surface area (Å²) in [5.74, 6) is -0.488. The summed E-state index contributed by atoms with van der Waals surface area (Å²) in [5.41, 5.74) is 3.43. The largest absolute Gasteiger partial charge is 0.312 e. The highest BCUT2D eigenvalue weighted by molar-refractivity contribution is 7.91. The first kappa shape index (κ1) is 23.4. The maximum absolute atomic E-state index is 13.0. The van der Waals surface area contributed by atoms with Crippen molar-refractivity contribution in [1.82, 2.24) is 8.87 Å². The summed E-state index contributed by atoms with van der Waals surface area (Å²) in [6.07, 6.45) is 2.70. The minimum atomic E-state index is -3.58. The molecule has 0 saturated carbocycles. The number of aromatic nitrogens is 1. The molecule has 0 atom stereocenters. The summed E-state index contributed by atoms with van der Waals surface area (Å²) in [7, 11) is -3.58. The number of rotatable bonds is 5. The second kappa shape index (κ2) is 9.23. The number of carbonyl (C=O) groups excluding carboxylic acids is 1. The van der Waals surface area contributed by atoms with Crippen molar-refractivity contribution in [3.63, 3.8) is 0 Å². The molecule has 4 rings (SSSR count). The molecule has 3 heterocycles. The third kappa shape index (κ3) is 4.49. The number of carbonyl (C=O) groups is 1. The number of allylic oxidation sites excluding steroid dienone is 1. The molecule has 1 aliphatic heterocycles. The van der Waals surface area contributed by atoms with Crippen LogP contribution < -0.4 is 4.80 Å². The fraction of sp³-hybridized carbons (Fsp3) is 0.364. The Morgan fingerprint density at radius 3 is 2.53 bits per heavy atom. The molecule has 0 aliphatic carbocycles. The topological polar surface area (TPSA) is 71.7 Å². The van der Waals surface area contributed by atoms with Crippen molar-refractivity contribution in [2.24, 2.45) is 10.9 Å². The van der Waals surface area contributed by atoms with Crippen LogP contribution in [0, 0.1) is 19.8 Å². The molecule has 6 nitrogen and oxygen atoms in total. The predicted octanol–water partition coefficient (Wildman–Crippen LogP) is 4.75. The Morgan fingerprint density at radius 2 is 1.91 bits per heavy atom. The van der Waals surface area contributed by atoms with E-state index in [-0.39, 0.29) is 16.0 Å². The highest BCUT2D eigenvalue weighted by Crippen LogP contribution is 2.31. The van der Waals surface area contributed by atoms with Crippen LogP contribution in [0.2, 0.25) is 4.34 Å². The van der Waals surface area contributed by atoms with E-state index in [0.717, 1.165) is 21.6 Å². The maximum atomic E-state index is 13.0. The molecular weight excluding hydrogens is 486 g/mol. The Morgan fingerprint density at radius 1 is 1.22 bits per heavy atom. The first-order chi connectivity index (χ1) is 15.2. The molecule has 2 aromatic heterocycles. The van der Waals surface area contributed by atoms with E-state index >= 15 is 0 Å². The SMILES string of the molecule is C=CCn1c(=NC(=O)C2CCN(S(=O)(=O)c3ccc(Cl)s3)CC2)sc2cc(C)c(C)cc21. The lowest BCUT2D eigenvalue weighted by atomic mass is 9.98. The summed E-state index contributed by atoms with van der Waals surface area (Å²) in [6.45, 7) is 9.13. The molecule has 1 amide bonds. The Bertz CT molecular complexity index is 1360. The van der Waals surface area contributed by atoms with Gasteiger partial charge in [-0.05, 0) is 62.1 Å². The monoisotopic (exact) mass is 509 g/mol. The lowest BCUT2D eigenvalue weighted by Gasteiger charge is -2.29. The molecule has 1 saturated heterocycles. The number of halogens is 1. The quantitative estimate of drug-likeness (QED) is 0.466. The van der Waals surface area contributed by atoms with Gasteiger partial charge >= 0.3 is 0 Å². The van der Waals surface area contributed by atoms with Crippen LogP contribution >= 0.6 is 34.3 Å². The maximum Gasteiger partial charge on any atom is 0.252 e. The number of hydrogen-bond donors (Lipinski definition) is 0. The van der Waals surface area contributed by atoms with Crippen molar-refractivity contribution in [2.45, 2.75) is 37.4 Å². The molecule has 170 valence electrons. The Hall–Kier alpha value is -1.78. The van der Waals surface area contributed by atoms with Crippen LogP contribution in [0.15, 0.2) is 46.1 Å². The van der Waals surface area contributed by atoms with Gasteiger partial charge in [0, 0.05) is 25.6 Å². The van der Waals surface area contributed by atoms with Crippen molar-refractivity contribution < 1.29 is 13.2 Å². The lowest BCUT2D eigenvalue weighted by Crippen LogP contribution is -2.40. The number of amides is 1. The van der Waals surface area contributed by atoms with E-state index in [9.17, 15) is 13.2 Å². The van der Waals surface area contributed by atoms with E-state index in [1.54, 1.807) is 12.1 Å². The molecule has 0 radical (unpaired) electrons. The number of thiazole rings is 1. The number of nitrogens with zero attached hydrogens (tertiary/aromatic N) is 3. The molecule has 0 N–H and O–H groups in total. The summed E-state index contributed by atoms with van der Waals surface area (Å²) >= 11 is 8.44. The molecule has 0 unspecified atom stereocenters. The van der Waals surface area contributed by atoms with Gasteiger partial charge in [0.25, 0.3) is 15.9 Å². The summed E-state index contributed by atoms with van der Waals surface area (Å²) in [4.78, 5) is 18.1. The number of sulfonamides is 1. The van der Waals surface area contributed by atoms with Crippen LogP contribution in [-0.2, 0) is 21.4 Å². The number of piperidine rings is 1. The van der Waals surface area contributed by atoms with Crippen LogP contribution in [-0.4, -0.2) is 36.3 Å². The molecule has 3 aromatic rings. The number of thiophene rings is 1. The second-order valence-electron chi connectivity index (χ2n) is 7.88. The van der Waals surface area contributed by atoms with Crippen molar-refractivity contribution in [3.05, 3.63) is 57.2 Å². The number of benzene rings is 1. The van der Waals surface area contributed by atoms with E-state index in [1.165, 1.54) is 32.8 Å². The van der Waals surface area contributed by atoms with Crippen LogP contribution in [0.1, 0.15) is 24.0 Å². The zero-order valence-corrected chi connectivity index (χ0v) is 21.1. The van der Waals surface area contributed by atoms with Gasteiger partial charge in [-0.25, -0.2) is 8.42 Å². The predicted molar refractivity (Wildman–Crippen MR) is 131 cm³/mol. The average Bonchev–Trinajstić information content (AvgIpc) is 3.33. The van der Waals surface area contributed by atoms with Gasteiger partial charge in [0.05, 0.1) is 14.6 Å². The molecular formula is C22H24ClN3O3S3. The third-order valence-corrected chi connectivity index (χ3v) is 10.4. The average molecular weight is 510 g/mol. The zero-order valence-electron chi connectivity index (χ0n) is 17.9. The van der Waals surface area contributed by atoms with Gasteiger partial charge in [-0.3, -0.25) is 4.79 Å². The van der Waals surface area contributed by atoms with Crippen molar-refractivity contribution >= 4 is 60.4 Å². The van der Waals surface area contributed by atoms with E-state index in [1.807, 2.05) is 4.57 Å².